The lowest BCUT2D eigenvalue weighted by Gasteiger charge is -2.14. The summed E-state index contributed by atoms with van der Waals surface area (Å²) in [6.07, 6.45) is -5.29. The fraction of sp³-hybridized carbons (Fsp3) is 0.111. The van der Waals surface area contributed by atoms with E-state index in [4.69, 9.17) is 27.0 Å². The van der Waals surface area contributed by atoms with Crippen LogP contribution in [0, 0.1) is 10.8 Å². The molecule has 0 atom stereocenters. The van der Waals surface area contributed by atoms with Crippen LogP contribution in [-0.4, -0.2) is 34.3 Å². The van der Waals surface area contributed by atoms with Gasteiger partial charge in [-0.1, -0.05) is 54.6 Å². The first-order valence-corrected chi connectivity index (χ1v) is 11.5. The van der Waals surface area contributed by atoms with Crippen LogP contribution in [0.5, 0.6) is 5.75 Å². The van der Waals surface area contributed by atoms with Crippen LogP contribution in [-0.2, 0) is 17.9 Å². The molecule has 0 fully saturated rings. The maximum atomic E-state index is 13.5. The molecule has 12 heteroatoms. The number of hydrogen-bond donors (Lipinski definition) is 5. The fourth-order valence-electron chi connectivity index (χ4n) is 4.00. The van der Waals surface area contributed by atoms with E-state index in [1.165, 1.54) is 10.6 Å². The number of benzene rings is 3. The second kappa shape index (κ2) is 10.7. The molecule has 0 unspecified atom stereocenters. The van der Waals surface area contributed by atoms with Crippen molar-refractivity contribution in [3.05, 3.63) is 101 Å². The number of ether oxygens (including phenoxy) is 1. The van der Waals surface area contributed by atoms with Crippen molar-refractivity contribution in [3.8, 4) is 5.75 Å². The largest absolute Gasteiger partial charge is 0.491 e. The second-order valence-electron chi connectivity index (χ2n) is 8.58. The number of nitrogens with two attached hydrogens (primary N) is 2. The molecule has 0 radical (unpaired) electrons. The second-order valence-corrected chi connectivity index (χ2v) is 8.58. The van der Waals surface area contributed by atoms with Gasteiger partial charge >= 0.3 is 12.1 Å². The number of carbonyl (C=O) groups is 2. The Morgan fingerprint density at radius 1 is 0.872 bits per heavy atom. The normalized spacial score (nSPS) is 11.3. The van der Waals surface area contributed by atoms with Gasteiger partial charge < -0.3 is 26.1 Å². The van der Waals surface area contributed by atoms with Crippen LogP contribution in [0.3, 0.4) is 0 Å². The molecular weight excluding hydrogens is 513 g/mol. The van der Waals surface area contributed by atoms with Crippen LogP contribution in [0.1, 0.15) is 32.7 Å². The highest BCUT2D eigenvalue weighted by Crippen LogP contribution is 2.35. The third-order valence-corrected chi connectivity index (χ3v) is 5.86. The van der Waals surface area contributed by atoms with Crippen LogP contribution < -0.4 is 21.5 Å². The van der Waals surface area contributed by atoms with Crippen molar-refractivity contribution in [1.29, 1.82) is 10.8 Å². The van der Waals surface area contributed by atoms with Gasteiger partial charge in [-0.05, 0) is 29.3 Å². The van der Waals surface area contributed by atoms with E-state index in [1.807, 2.05) is 0 Å². The number of aromatic nitrogens is 1. The van der Waals surface area contributed by atoms with Crippen LogP contribution in [0.4, 0.5) is 13.2 Å². The maximum Gasteiger partial charge on any atom is 0.491 e. The van der Waals surface area contributed by atoms with Gasteiger partial charge in [0.25, 0.3) is 5.91 Å². The molecule has 4 rings (SSSR count). The van der Waals surface area contributed by atoms with Gasteiger partial charge in [-0.2, -0.15) is 13.2 Å². The number of para-hydroxylation sites is 1. The molecule has 39 heavy (non-hydrogen) atoms. The summed E-state index contributed by atoms with van der Waals surface area (Å²) in [5.41, 5.74) is 13.3. The zero-order valence-corrected chi connectivity index (χ0v) is 20.3. The third kappa shape index (κ3) is 5.90. The molecule has 0 aliphatic heterocycles. The summed E-state index contributed by atoms with van der Waals surface area (Å²) >= 11 is 0. The molecule has 1 aromatic heterocycles. The Kier molecular flexibility index (Phi) is 7.38. The Bertz CT molecular complexity index is 1590. The number of amidine groups is 2. The minimum Gasteiger partial charge on any atom is -0.417 e. The Hall–Kier alpha value is -5.13. The molecular formula is C27H23F3N6O3. The van der Waals surface area contributed by atoms with Crippen LogP contribution in [0.2, 0.25) is 0 Å². The summed E-state index contributed by atoms with van der Waals surface area (Å²) in [5, 5.41) is 18.0. The van der Waals surface area contributed by atoms with Crippen LogP contribution >= 0.6 is 0 Å². The Morgan fingerprint density at radius 2 is 1.54 bits per heavy atom. The monoisotopic (exact) mass is 536 g/mol. The molecule has 0 spiro atoms. The van der Waals surface area contributed by atoms with Gasteiger partial charge in [0.2, 0.25) is 0 Å². The lowest BCUT2D eigenvalue weighted by Crippen LogP contribution is -2.30. The SMILES string of the molecule is N=C(N)c1ccc(CNC(=O)c2c(OC(=O)C(F)(F)F)c3ccccc3n2Cc2cccc(C(=N)N)c2)cc1. The number of amides is 1. The maximum absolute atomic E-state index is 13.5. The minimum absolute atomic E-state index is 0.00125. The topological polar surface area (TPSA) is 160 Å². The average molecular weight is 537 g/mol. The molecule has 0 saturated heterocycles. The summed E-state index contributed by atoms with van der Waals surface area (Å²) in [6.45, 7) is -0.00765. The number of halogens is 3. The van der Waals surface area contributed by atoms with E-state index in [-0.39, 0.29) is 35.8 Å². The minimum atomic E-state index is -5.29. The van der Waals surface area contributed by atoms with Crippen LogP contribution in [0.25, 0.3) is 10.9 Å². The van der Waals surface area contributed by atoms with E-state index >= 15 is 0 Å². The molecule has 0 aliphatic carbocycles. The van der Waals surface area contributed by atoms with Crippen molar-refractivity contribution in [1.82, 2.24) is 9.88 Å². The summed E-state index contributed by atoms with van der Waals surface area (Å²) in [7, 11) is 0. The fourth-order valence-corrected chi connectivity index (χ4v) is 4.00. The molecule has 0 bridgehead atoms. The molecule has 3 aromatic carbocycles. The summed E-state index contributed by atoms with van der Waals surface area (Å²) in [5.74, 6) is -4.07. The van der Waals surface area contributed by atoms with Crippen molar-refractivity contribution in [3.63, 3.8) is 0 Å². The number of alkyl halides is 3. The van der Waals surface area contributed by atoms with Crippen molar-refractivity contribution in [2.75, 3.05) is 0 Å². The van der Waals surface area contributed by atoms with E-state index in [0.29, 0.717) is 27.8 Å². The molecule has 7 N–H and O–H groups in total. The van der Waals surface area contributed by atoms with Gasteiger partial charge in [-0.3, -0.25) is 15.6 Å². The van der Waals surface area contributed by atoms with E-state index < -0.39 is 23.8 Å². The molecule has 0 aliphatic rings. The molecule has 9 nitrogen and oxygen atoms in total. The standard InChI is InChI=1S/C27H23F3N6O3/c28-27(29,30)26(38)39-22-19-6-1-2-7-20(19)36(14-16-4-3-5-18(12-16)24(33)34)21(22)25(37)35-13-15-8-10-17(11-9-15)23(31)32/h1-12H,13-14H2,(H3,31,32)(H3,33,34)(H,35,37). The third-order valence-electron chi connectivity index (χ3n) is 5.86. The van der Waals surface area contributed by atoms with Crippen molar-refractivity contribution in [2.45, 2.75) is 19.3 Å². The smallest absolute Gasteiger partial charge is 0.417 e. The highest BCUT2D eigenvalue weighted by atomic mass is 19.4. The predicted octanol–water partition coefficient (Wildman–Crippen LogP) is 3.66. The van der Waals surface area contributed by atoms with E-state index in [9.17, 15) is 22.8 Å². The Labute approximate surface area is 220 Å². The number of nitrogens with one attached hydrogen (secondary N) is 3. The molecule has 0 saturated carbocycles. The number of fused-ring (bicyclic) bond motifs is 1. The average Bonchev–Trinajstić information content (AvgIpc) is 3.20. The zero-order chi connectivity index (χ0) is 28.3. The quantitative estimate of drug-likeness (QED) is 0.132. The van der Waals surface area contributed by atoms with Crippen molar-refractivity contribution < 1.29 is 27.5 Å². The summed E-state index contributed by atoms with van der Waals surface area (Å²) in [6, 6.07) is 19.3. The lowest BCUT2D eigenvalue weighted by atomic mass is 10.1. The van der Waals surface area contributed by atoms with E-state index in [0.717, 1.165) is 0 Å². The number of hydrogen-bond acceptors (Lipinski definition) is 5. The number of esters is 1. The molecule has 200 valence electrons. The van der Waals surface area contributed by atoms with Crippen molar-refractivity contribution >= 4 is 34.5 Å². The number of nitrogen functional groups attached to an aromatic ring is 2. The zero-order valence-electron chi connectivity index (χ0n) is 20.3. The number of rotatable bonds is 8. The first-order chi connectivity index (χ1) is 18.5. The lowest BCUT2D eigenvalue weighted by molar-refractivity contribution is -0.189. The van der Waals surface area contributed by atoms with E-state index in [2.05, 4.69) is 5.32 Å². The van der Waals surface area contributed by atoms with E-state index in [1.54, 1.807) is 66.7 Å². The summed E-state index contributed by atoms with van der Waals surface area (Å²) < 4.78 is 45.7. The highest BCUT2D eigenvalue weighted by molar-refractivity contribution is 6.05. The van der Waals surface area contributed by atoms with Crippen molar-refractivity contribution in [2.24, 2.45) is 11.5 Å². The van der Waals surface area contributed by atoms with Gasteiger partial charge in [0, 0.05) is 29.6 Å². The van der Waals surface area contributed by atoms with Gasteiger partial charge in [0.15, 0.2) is 11.4 Å². The number of nitrogens with zero attached hydrogens (tertiary/aromatic N) is 1. The Balaban J connectivity index is 1.78. The first kappa shape index (κ1) is 26.9. The predicted molar refractivity (Wildman–Crippen MR) is 139 cm³/mol. The summed E-state index contributed by atoms with van der Waals surface area (Å²) in [4.78, 5) is 25.3. The van der Waals surface area contributed by atoms with Gasteiger partial charge in [-0.15, -0.1) is 0 Å². The molecule has 4 aromatic rings. The van der Waals surface area contributed by atoms with Gasteiger partial charge in [0.1, 0.15) is 11.7 Å². The highest BCUT2D eigenvalue weighted by Gasteiger charge is 2.43. The van der Waals surface area contributed by atoms with Gasteiger partial charge in [-0.25, -0.2) is 4.79 Å². The van der Waals surface area contributed by atoms with Gasteiger partial charge in [0.05, 0.1) is 5.52 Å². The number of carbonyl (C=O) groups excluding carboxylic acids is 2. The molecule has 1 heterocycles. The molecule has 1 amide bonds. The Morgan fingerprint density at radius 3 is 2.18 bits per heavy atom. The first-order valence-electron chi connectivity index (χ1n) is 11.5. The van der Waals surface area contributed by atoms with Crippen LogP contribution in [0.15, 0.2) is 72.8 Å².